The van der Waals surface area contributed by atoms with Crippen LogP contribution in [0.5, 0.6) is 0 Å². The number of carbonyl (C=O) groups is 3. The highest BCUT2D eigenvalue weighted by Crippen LogP contribution is 2.43. The maximum atomic E-state index is 13.4. The van der Waals surface area contributed by atoms with Crippen molar-refractivity contribution < 1.29 is 28.3 Å². The maximum absolute atomic E-state index is 13.4. The van der Waals surface area contributed by atoms with E-state index in [2.05, 4.69) is 0 Å². The van der Waals surface area contributed by atoms with E-state index in [4.69, 9.17) is 11.6 Å². The van der Waals surface area contributed by atoms with Crippen molar-refractivity contribution >= 4 is 29.5 Å². The fourth-order valence-corrected chi connectivity index (χ4v) is 5.66. The molecule has 1 aromatic carbocycles. The summed E-state index contributed by atoms with van der Waals surface area (Å²) < 4.78 is 26.3. The molecule has 3 fully saturated rings. The van der Waals surface area contributed by atoms with Crippen molar-refractivity contribution in [2.45, 2.75) is 50.5 Å². The summed E-state index contributed by atoms with van der Waals surface area (Å²) in [6, 6.07) is 6.91. The Hall–Kier alpha value is -2.42. The van der Waals surface area contributed by atoms with Gasteiger partial charge in [-0.25, -0.2) is 13.6 Å². The SMILES string of the molecule is CCN(C(=O)O)[C@@H]1CN(C(=O)C2CCN(C(=O)C3CC(F)(F)C3)CC2)C[C@H]1c1ccc(Cl)cc1. The molecule has 186 valence electrons. The number of piperidine rings is 1. The van der Waals surface area contributed by atoms with Crippen molar-refractivity contribution in [1.82, 2.24) is 14.7 Å². The number of rotatable bonds is 5. The quantitative estimate of drug-likeness (QED) is 0.668. The Kier molecular flexibility index (Phi) is 7.03. The lowest BCUT2D eigenvalue weighted by molar-refractivity contribution is -0.161. The molecule has 1 N–H and O–H groups in total. The minimum atomic E-state index is -2.73. The molecule has 1 aromatic rings. The van der Waals surface area contributed by atoms with Crippen molar-refractivity contribution in [3.8, 4) is 0 Å². The van der Waals surface area contributed by atoms with E-state index in [1.807, 2.05) is 12.1 Å². The zero-order valence-electron chi connectivity index (χ0n) is 19.1. The highest BCUT2D eigenvalue weighted by Gasteiger charge is 2.50. The first-order valence-corrected chi connectivity index (χ1v) is 12.2. The number of hydrogen-bond donors (Lipinski definition) is 1. The van der Waals surface area contributed by atoms with E-state index in [1.54, 1.807) is 28.9 Å². The molecule has 2 heterocycles. The Labute approximate surface area is 202 Å². The molecule has 3 aliphatic rings. The van der Waals surface area contributed by atoms with Crippen LogP contribution in [0, 0.1) is 11.8 Å². The van der Waals surface area contributed by atoms with E-state index >= 15 is 0 Å². The van der Waals surface area contributed by atoms with Crippen molar-refractivity contribution in [1.29, 1.82) is 0 Å². The van der Waals surface area contributed by atoms with Crippen LogP contribution in [0.2, 0.25) is 5.02 Å². The molecular weight excluding hydrogens is 468 g/mol. The molecule has 0 radical (unpaired) electrons. The van der Waals surface area contributed by atoms with Gasteiger partial charge in [0.25, 0.3) is 0 Å². The second kappa shape index (κ2) is 9.68. The number of carboxylic acid groups (broad SMARTS) is 1. The molecule has 2 atom stereocenters. The van der Waals surface area contributed by atoms with E-state index in [0.717, 1.165) is 5.56 Å². The topological polar surface area (TPSA) is 81.2 Å². The molecule has 3 amide bonds. The normalized spacial score (nSPS) is 25.2. The number of likely N-dealkylation sites (N-methyl/N-ethyl adjacent to an activating group) is 1. The molecule has 0 bridgehead atoms. The number of likely N-dealkylation sites (tertiary alicyclic amines) is 2. The molecule has 1 aliphatic carbocycles. The fraction of sp³-hybridized carbons (Fsp3) is 0.625. The highest BCUT2D eigenvalue weighted by molar-refractivity contribution is 6.30. The zero-order chi connectivity index (χ0) is 24.6. The van der Waals surface area contributed by atoms with Gasteiger partial charge in [-0.05, 0) is 37.5 Å². The molecule has 0 unspecified atom stereocenters. The number of hydrogen-bond acceptors (Lipinski definition) is 3. The molecule has 4 rings (SSSR count). The molecular formula is C24H30ClF2N3O4. The second-order valence-electron chi connectivity index (χ2n) is 9.60. The zero-order valence-corrected chi connectivity index (χ0v) is 19.9. The smallest absolute Gasteiger partial charge is 0.407 e. The number of benzene rings is 1. The van der Waals surface area contributed by atoms with Crippen molar-refractivity contribution in [3.05, 3.63) is 34.9 Å². The summed E-state index contributed by atoms with van der Waals surface area (Å²) in [6.45, 7) is 3.57. The molecule has 34 heavy (non-hydrogen) atoms. The van der Waals surface area contributed by atoms with Crippen LogP contribution in [0.1, 0.15) is 44.1 Å². The summed E-state index contributed by atoms with van der Waals surface area (Å²) >= 11 is 6.02. The van der Waals surface area contributed by atoms with Crippen LogP contribution < -0.4 is 0 Å². The fourth-order valence-electron chi connectivity index (χ4n) is 5.53. The first-order chi connectivity index (χ1) is 16.1. The third-order valence-electron chi connectivity index (χ3n) is 7.48. The highest BCUT2D eigenvalue weighted by atomic mass is 35.5. The minimum absolute atomic E-state index is 0.0369. The van der Waals surface area contributed by atoms with Crippen LogP contribution in [0.25, 0.3) is 0 Å². The van der Waals surface area contributed by atoms with E-state index in [1.165, 1.54) is 4.90 Å². The monoisotopic (exact) mass is 497 g/mol. The van der Waals surface area contributed by atoms with Gasteiger partial charge in [0.15, 0.2) is 0 Å². The predicted molar refractivity (Wildman–Crippen MR) is 122 cm³/mol. The van der Waals surface area contributed by atoms with Gasteiger partial charge in [-0.3, -0.25) is 9.59 Å². The van der Waals surface area contributed by atoms with E-state index in [-0.39, 0.29) is 42.5 Å². The van der Waals surface area contributed by atoms with Gasteiger partial charge in [0.1, 0.15) is 0 Å². The summed E-state index contributed by atoms with van der Waals surface area (Å²) in [4.78, 5) is 42.4. The third kappa shape index (κ3) is 4.99. The van der Waals surface area contributed by atoms with Crippen LogP contribution in [-0.2, 0) is 9.59 Å². The summed E-state index contributed by atoms with van der Waals surface area (Å²) in [5.41, 5.74) is 0.933. The first-order valence-electron chi connectivity index (χ1n) is 11.8. The lowest BCUT2D eigenvalue weighted by Gasteiger charge is -2.40. The van der Waals surface area contributed by atoms with Gasteiger partial charge in [-0.1, -0.05) is 23.7 Å². The van der Waals surface area contributed by atoms with Crippen molar-refractivity contribution in [3.63, 3.8) is 0 Å². The van der Waals surface area contributed by atoms with Crippen LogP contribution in [-0.4, -0.2) is 82.4 Å². The van der Waals surface area contributed by atoms with Gasteiger partial charge in [0.05, 0.1) is 6.04 Å². The molecule has 10 heteroatoms. The Morgan fingerprint density at radius 2 is 1.62 bits per heavy atom. The van der Waals surface area contributed by atoms with E-state index < -0.39 is 17.9 Å². The van der Waals surface area contributed by atoms with E-state index in [9.17, 15) is 28.3 Å². The average Bonchev–Trinajstić information content (AvgIpc) is 3.22. The largest absolute Gasteiger partial charge is 0.465 e. The molecule has 1 saturated carbocycles. The summed E-state index contributed by atoms with van der Waals surface area (Å²) in [6.07, 6.45) is -0.824. The number of alkyl halides is 2. The number of amides is 3. The second-order valence-corrected chi connectivity index (χ2v) is 10.0. The number of halogens is 3. The van der Waals surface area contributed by atoms with E-state index in [0.29, 0.717) is 50.6 Å². The van der Waals surface area contributed by atoms with Crippen LogP contribution in [0.3, 0.4) is 0 Å². The Morgan fingerprint density at radius 3 is 2.15 bits per heavy atom. The molecule has 7 nitrogen and oxygen atoms in total. The number of carbonyl (C=O) groups excluding carboxylic acids is 2. The van der Waals surface area contributed by atoms with Crippen LogP contribution >= 0.6 is 11.6 Å². The van der Waals surface area contributed by atoms with Gasteiger partial charge in [-0.2, -0.15) is 0 Å². The standard InChI is InChI=1S/C24H30ClF2N3O4/c1-2-30(23(33)34)20-14-29(13-19(20)15-3-5-18(25)6-4-15)21(31)16-7-9-28(10-8-16)22(32)17-11-24(26,27)12-17/h3-6,16-17,19-20H,2,7-14H2,1H3,(H,33,34)/t19-,20+/m0/s1. The Bertz CT molecular complexity index is 929. The van der Waals surface area contributed by atoms with Gasteiger partial charge >= 0.3 is 6.09 Å². The molecule has 2 saturated heterocycles. The van der Waals surface area contributed by atoms with Gasteiger partial charge < -0.3 is 19.8 Å². The van der Waals surface area contributed by atoms with Crippen LogP contribution in [0.15, 0.2) is 24.3 Å². The molecule has 0 aromatic heterocycles. The molecule has 2 aliphatic heterocycles. The van der Waals surface area contributed by atoms with Gasteiger partial charge in [0, 0.05) is 68.3 Å². The average molecular weight is 498 g/mol. The summed E-state index contributed by atoms with van der Waals surface area (Å²) in [7, 11) is 0. The predicted octanol–water partition coefficient (Wildman–Crippen LogP) is 3.92. The summed E-state index contributed by atoms with van der Waals surface area (Å²) in [5.74, 6) is -4.05. The lowest BCUT2D eigenvalue weighted by Crippen LogP contribution is -2.50. The minimum Gasteiger partial charge on any atom is -0.465 e. The lowest BCUT2D eigenvalue weighted by atomic mass is 9.80. The van der Waals surface area contributed by atoms with Gasteiger partial charge in [0.2, 0.25) is 17.7 Å². The first kappa shape index (κ1) is 24.7. The Morgan fingerprint density at radius 1 is 1.03 bits per heavy atom. The van der Waals surface area contributed by atoms with Crippen LogP contribution in [0.4, 0.5) is 13.6 Å². The third-order valence-corrected chi connectivity index (χ3v) is 7.73. The Balaban J connectivity index is 1.40. The summed E-state index contributed by atoms with van der Waals surface area (Å²) in [5, 5.41) is 10.3. The van der Waals surface area contributed by atoms with Crippen molar-refractivity contribution in [2.24, 2.45) is 11.8 Å². The maximum Gasteiger partial charge on any atom is 0.407 e. The molecule has 0 spiro atoms. The van der Waals surface area contributed by atoms with Gasteiger partial charge in [-0.15, -0.1) is 0 Å². The van der Waals surface area contributed by atoms with Crippen molar-refractivity contribution in [2.75, 3.05) is 32.7 Å². The number of nitrogens with zero attached hydrogens (tertiary/aromatic N) is 3.